The van der Waals surface area contributed by atoms with Crippen LogP contribution in [0.3, 0.4) is 0 Å². The van der Waals surface area contributed by atoms with Crippen molar-refractivity contribution in [2.75, 3.05) is 0 Å². The summed E-state index contributed by atoms with van der Waals surface area (Å²) in [5, 5.41) is 2.99. The van der Waals surface area contributed by atoms with Crippen LogP contribution >= 0.6 is 0 Å². The van der Waals surface area contributed by atoms with Crippen molar-refractivity contribution in [1.29, 1.82) is 0 Å². The van der Waals surface area contributed by atoms with Crippen molar-refractivity contribution in [2.24, 2.45) is 17.3 Å². The van der Waals surface area contributed by atoms with Gasteiger partial charge in [-0.2, -0.15) is 0 Å². The molecule has 2 bridgehead atoms. The molecule has 68 valence electrons. The molecular weight excluding hydrogens is 150 g/mol. The van der Waals surface area contributed by atoms with Crippen molar-refractivity contribution in [3.8, 4) is 0 Å². The maximum Gasteiger partial charge on any atom is 0.207 e. The van der Waals surface area contributed by atoms with Crippen LogP contribution in [0.25, 0.3) is 0 Å². The summed E-state index contributed by atoms with van der Waals surface area (Å²) in [6, 6.07) is 0.439. The normalized spacial score (nSPS) is 43.0. The Morgan fingerprint density at radius 3 is 2.67 bits per heavy atom. The Bertz CT molecular complexity index is 200. The van der Waals surface area contributed by atoms with Gasteiger partial charge in [0.15, 0.2) is 0 Å². The average Bonchev–Trinajstić information content (AvgIpc) is 2.53. The maximum atomic E-state index is 10.4. The molecule has 1 N–H and O–H groups in total. The molecule has 2 aliphatic rings. The number of fused-ring (bicyclic) bond motifs is 2. The molecule has 0 aliphatic heterocycles. The van der Waals surface area contributed by atoms with Gasteiger partial charge in [0.1, 0.15) is 0 Å². The highest BCUT2D eigenvalue weighted by atomic mass is 16.1. The van der Waals surface area contributed by atoms with E-state index in [-0.39, 0.29) is 0 Å². The standard InChI is InChI=1S/C10H17NO/c1-10(2)8-4-3-7(5-8)9(10)11-6-12/h6-9H,3-5H2,1-2H3,(H,11,12)/t7-,8+,9-/m0/s1. The number of rotatable bonds is 2. The smallest absolute Gasteiger partial charge is 0.207 e. The third-order valence-electron chi connectivity index (χ3n) is 4.05. The summed E-state index contributed by atoms with van der Waals surface area (Å²) in [4.78, 5) is 10.4. The van der Waals surface area contributed by atoms with Crippen LogP contribution < -0.4 is 5.32 Å². The molecule has 0 aromatic heterocycles. The number of carbonyl (C=O) groups is 1. The summed E-state index contributed by atoms with van der Waals surface area (Å²) in [5.41, 5.74) is 0.337. The van der Waals surface area contributed by atoms with Gasteiger partial charge in [0, 0.05) is 6.04 Å². The molecule has 0 heterocycles. The van der Waals surface area contributed by atoms with Crippen LogP contribution in [0.15, 0.2) is 0 Å². The van der Waals surface area contributed by atoms with Crippen LogP contribution in [-0.4, -0.2) is 12.5 Å². The first-order valence-corrected chi connectivity index (χ1v) is 4.86. The van der Waals surface area contributed by atoms with E-state index in [1.807, 2.05) is 0 Å². The second-order valence-electron chi connectivity index (χ2n) is 4.85. The lowest BCUT2D eigenvalue weighted by Crippen LogP contribution is -2.45. The Labute approximate surface area is 73.7 Å². The summed E-state index contributed by atoms with van der Waals surface area (Å²) in [5.74, 6) is 1.61. The van der Waals surface area contributed by atoms with E-state index in [0.717, 1.165) is 18.2 Å². The van der Waals surface area contributed by atoms with E-state index in [9.17, 15) is 4.79 Å². The molecule has 0 unspecified atom stereocenters. The highest BCUT2D eigenvalue weighted by molar-refractivity contribution is 5.47. The molecule has 0 saturated heterocycles. The van der Waals surface area contributed by atoms with Crippen LogP contribution in [0.1, 0.15) is 33.1 Å². The minimum Gasteiger partial charge on any atom is -0.355 e. The lowest BCUT2D eigenvalue weighted by Gasteiger charge is -2.37. The van der Waals surface area contributed by atoms with Gasteiger partial charge in [0.25, 0.3) is 0 Å². The zero-order valence-corrected chi connectivity index (χ0v) is 7.84. The quantitative estimate of drug-likeness (QED) is 0.621. The topological polar surface area (TPSA) is 29.1 Å². The molecule has 2 nitrogen and oxygen atoms in total. The van der Waals surface area contributed by atoms with Crippen molar-refractivity contribution in [3.63, 3.8) is 0 Å². The Morgan fingerprint density at radius 2 is 2.17 bits per heavy atom. The summed E-state index contributed by atoms with van der Waals surface area (Å²) < 4.78 is 0. The molecule has 2 fully saturated rings. The van der Waals surface area contributed by atoms with E-state index >= 15 is 0 Å². The Morgan fingerprint density at radius 1 is 1.42 bits per heavy atom. The molecule has 0 aromatic rings. The second kappa shape index (κ2) is 2.48. The molecule has 0 aromatic carbocycles. The summed E-state index contributed by atoms with van der Waals surface area (Å²) in [6.45, 7) is 4.58. The molecule has 2 aliphatic carbocycles. The van der Waals surface area contributed by atoms with Gasteiger partial charge in [-0.3, -0.25) is 4.79 Å². The monoisotopic (exact) mass is 167 g/mol. The molecule has 0 spiro atoms. The fourth-order valence-electron chi connectivity index (χ4n) is 3.28. The molecule has 2 rings (SSSR count). The summed E-state index contributed by atoms with van der Waals surface area (Å²) >= 11 is 0. The van der Waals surface area contributed by atoms with Crippen molar-refractivity contribution in [1.82, 2.24) is 5.32 Å². The third kappa shape index (κ3) is 0.900. The number of hydrogen-bond donors (Lipinski definition) is 1. The van der Waals surface area contributed by atoms with E-state index in [4.69, 9.17) is 0 Å². The molecule has 12 heavy (non-hydrogen) atoms. The number of nitrogens with one attached hydrogen (secondary N) is 1. The van der Waals surface area contributed by atoms with E-state index in [1.165, 1.54) is 19.3 Å². The van der Waals surface area contributed by atoms with Gasteiger partial charge in [-0.25, -0.2) is 0 Å². The molecular formula is C10H17NO. The SMILES string of the molecule is CC1(C)[C@@H]2CC[C@@H](C2)[C@@H]1NC=O. The van der Waals surface area contributed by atoms with Crippen LogP contribution in [0, 0.1) is 17.3 Å². The predicted octanol–water partition coefficient (Wildman–Crippen LogP) is 1.56. The van der Waals surface area contributed by atoms with Gasteiger partial charge in [-0.1, -0.05) is 13.8 Å². The highest BCUT2D eigenvalue weighted by Crippen LogP contribution is 2.55. The average molecular weight is 167 g/mol. The molecule has 3 atom stereocenters. The number of hydrogen-bond acceptors (Lipinski definition) is 1. The Balaban J connectivity index is 2.17. The first kappa shape index (κ1) is 8.09. The van der Waals surface area contributed by atoms with E-state index in [0.29, 0.717) is 11.5 Å². The van der Waals surface area contributed by atoms with Gasteiger partial charge in [0.05, 0.1) is 0 Å². The van der Waals surface area contributed by atoms with Crippen molar-refractivity contribution < 1.29 is 4.79 Å². The lowest BCUT2D eigenvalue weighted by atomic mass is 9.73. The summed E-state index contributed by atoms with van der Waals surface area (Å²) in [6.07, 6.45) is 4.89. The minimum atomic E-state index is 0.337. The molecule has 0 radical (unpaired) electrons. The number of carbonyl (C=O) groups excluding carboxylic acids is 1. The fraction of sp³-hybridized carbons (Fsp3) is 0.900. The molecule has 2 heteroatoms. The van der Waals surface area contributed by atoms with Gasteiger partial charge in [-0.05, 0) is 36.5 Å². The number of amides is 1. The predicted molar refractivity (Wildman–Crippen MR) is 47.6 cm³/mol. The Hall–Kier alpha value is -0.530. The van der Waals surface area contributed by atoms with Crippen LogP contribution in [-0.2, 0) is 4.79 Å². The second-order valence-corrected chi connectivity index (χ2v) is 4.85. The minimum absolute atomic E-state index is 0.337. The van der Waals surface area contributed by atoms with Gasteiger partial charge in [0.2, 0.25) is 6.41 Å². The summed E-state index contributed by atoms with van der Waals surface area (Å²) in [7, 11) is 0. The molecule has 2 saturated carbocycles. The van der Waals surface area contributed by atoms with Crippen molar-refractivity contribution >= 4 is 6.41 Å². The van der Waals surface area contributed by atoms with E-state index in [1.54, 1.807) is 0 Å². The van der Waals surface area contributed by atoms with Gasteiger partial charge < -0.3 is 5.32 Å². The van der Waals surface area contributed by atoms with Gasteiger partial charge in [-0.15, -0.1) is 0 Å². The van der Waals surface area contributed by atoms with Crippen LogP contribution in [0.5, 0.6) is 0 Å². The Kier molecular flexibility index (Phi) is 1.67. The van der Waals surface area contributed by atoms with Crippen LogP contribution in [0.4, 0.5) is 0 Å². The zero-order valence-electron chi connectivity index (χ0n) is 7.84. The van der Waals surface area contributed by atoms with E-state index in [2.05, 4.69) is 19.2 Å². The first-order chi connectivity index (χ1) is 5.66. The largest absolute Gasteiger partial charge is 0.355 e. The van der Waals surface area contributed by atoms with Crippen LogP contribution in [0.2, 0.25) is 0 Å². The highest BCUT2D eigenvalue weighted by Gasteiger charge is 2.52. The van der Waals surface area contributed by atoms with Crippen molar-refractivity contribution in [2.45, 2.75) is 39.2 Å². The fourth-order valence-corrected chi connectivity index (χ4v) is 3.28. The maximum absolute atomic E-state index is 10.4. The lowest BCUT2D eigenvalue weighted by molar-refractivity contribution is -0.111. The molecule has 1 amide bonds. The first-order valence-electron chi connectivity index (χ1n) is 4.86. The van der Waals surface area contributed by atoms with Crippen molar-refractivity contribution in [3.05, 3.63) is 0 Å². The third-order valence-corrected chi connectivity index (χ3v) is 4.05. The van der Waals surface area contributed by atoms with Gasteiger partial charge >= 0.3 is 0 Å². The zero-order chi connectivity index (χ0) is 8.77. The van der Waals surface area contributed by atoms with E-state index < -0.39 is 0 Å².